The smallest absolute Gasteiger partial charge is 0.314 e. The molecular weight excluding hydrogens is 218 g/mol. The van der Waals surface area contributed by atoms with Gasteiger partial charge in [-0.25, -0.2) is 0 Å². The van der Waals surface area contributed by atoms with Crippen molar-refractivity contribution in [1.29, 1.82) is 0 Å². The predicted molar refractivity (Wildman–Crippen MR) is 56.8 cm³/mol. The number of carbonyl (C=O) groups excluding carboxylic acids is 1. The summed E-state index contributed by atoms with van der Waals surface area (Å²) in [6.07, 6.45) is 0. The first-order valence-corrected chi connectivity index (χ1v) is 4.87. The van der Waals surface area contributed by atoms with Crippen LogP contribution in [0.25, 0.3) is 0 Å². The molecule has 0 saturated heterocycles. The summed E-state index contributed by atoms with van der Waals surface area (Å²) >= 11 is 6.03. The fourth-order valence-corrected chi connectivity index (χ4v) is 1.82. The van der Waals surface area contributed by atoms with Gasteiger partial charge in [-0.2, -0.15) is 5.10 Å². The van der Waals surface area contributed by atoms with E-state index >= 15 is 0 Å². The first-order valence-electron chi connectivity index (χ1n) is 4.49. The molecule has 1 aromatic heterocycles. The summed E-state index contributed by atoms with van der Waals surface area (Å²) in [7, 11) is 3.04. The maximum Gasteiger partial charge on any atom is 0.314 e. The van der Waals surface area contributed by atoms with E-state index in [0.717, 1.165) is 0 Å². The highest BCUT2D eigenvalue weighted by Gasteiger charge is 2.27. The molecule has 1 atom stereocenters. The zero-order chi connectivity index (χ0) is 11.6. The summed E-state index contributed by atoms with van der Waals surface area (Å²) < 4.78 is 6.17. The molecule has 0 amide bonds. The Morgan fingerprint density at radius 3 is 2.67 bits per heavy atom. The van der Waals surface area contributed by atoms with E-state index in [0.29, 0.717) is 16.4 Å². The van der Waals surface area contributed by atoms with E-state index < -0.39 is 11.9 Å². The number of methoxy groups -OCH3 is 1. The Kier molecular flexibility index (Phi) is 3.71. The number of hydrogen-bond donors (Lipinski definition) is 1. The van der Waals surface area contributed by atoms with E-state index in [9.17, 15) is 4.79 Å². The number of aromatic nitrogens is 2. The number of hydrogen-bond acceptors (Lipinski definition) is 4. The summed E-state index contributed by atoms with van der Waals surface area (Å²) in [5.41, 5.74) is 6.88. The van der Waals surface area contributed by atoms with Crippen molar-refractivity contribution in [3.8, 4) is 0 Å². The molecule has 0 saturated carbocycles. The van der Waals surface area contributed by atoms with Crippen LogP contribution in [0.5, 0.6) is 0 Å². The lowest BCUT2D eigenvalue weighted by molar-refractivity contribution is -0.142. The normalized spacial score (nSPS) is 12.6. The number of aryl methyl sites for hydroxylation is 2. The minimum atomic E-state index is -0.545. The van der Waals surface area contributed by atoms with Gasteiger partial charge < -0.3 is 10.5 Å². The fraction of sp³-hybridized carbons (Fsp3) is 0.556. The molecule has 1 rings (SSSR count). The first-order chi connectivity index (χ1) is 7.02. The van der Waals surface area contributed by atoms with Crippen LogP contribution in [-0.2, 0) is 16.6 Å². The molecule has 0 aromatic carbocycles. The van der Waals surface area contributed by atoms with Crippen LogP contribution in [-0.4, -0.2) is 29.4 Å². The molecule has 0 spiro atoms. The van der Waals surface area contributed by atoms with E-state index in [-0.39, 0.29) is 6.54 Å². The summed E-state index contributed by atoms with van der Waals surface area (Å²) in [5, 5.41) is 4.54. The lowest BCUT2D eigenvalue weighted by Gasteiger charge is -2.11. The van der Waals surface area contributed by atoms with Crippen molar-refractivity contribution in [3.63, 3.8) is 0 Å². The number of rotatable bonds is 3. The maximum absolute atomic E-state index is 11.5. The quantitative estimate of drug-likeness (QED) is 0.774. The van der Waals surface area contributed by atoms with Crippen molar-refractivity contribution in [3.05, 3.63) is 16.4 Å². The Bertz CT molecular complexity index is 376. The highest BCUT2D eigenvalue weighted by Crippen LogP contribution is 2.27. The van der Waals surface area contributed by atoms with Crippen molar-refractivity contribution in [2.24, 2.45) is 12.8 Å². The molecule has 0 aliphatic heterocycles. The second-order valence-corrected chi connectivity index (χ2v) is 3.58. The summed E-state index contributed by atoms with van der Waals surface area (Å²) in [5.74, 6) is -0.938. The third-order valence-electron chi connectivity index (χ3n) is 2.27. The monoisotopic (exact) mass is 231 g/mol. The number of nitrogens with two attached hydrogens (primary N) is 1. The van der Waals surface area contributed by atoms with Gasteiger partial charge in [0.1, 0.15) is 5.15 Å². The molecule has 6 heteroatoms. The Morgan fingerprint density at radius 1 is 1.73 bits per heavy atom. The van der Waals surface area contributed by atoms with Crippen LogP contribution in [0, 0.1) is 6.92 Å². The molecule has 0 fully saturated rings. The molecule has 0 radical (unpaired) electrons. The lowest BCUT2D eigenvalue weighted by Crippen LogP contribution is -2.23. The second kappa shape index (κ2) is 4.63. The average Bonchev–Trinajstić information content (AvgIpc) is 2.45. The van der Waals surface area contributed by atoms with E-state index in [1.54, 1.807) is 14.0 Å². The average molecular weight is 232 g/mol. The zero-order valence-corrected chi connectivity index (χ0v) is 9.71. The van der Waals surface area contributed by atoms with Crippen LogP contribution < -0.4 is 5.73 Å². The van der Waals surface area contributed by atoms with Crippen LogP contribution >= 0.6 is 11.6 Å². The Hall–Kier alpha value is -1.07. The molecule has 1 unspecified atom stereocenters. The summed E-state index contributed by atoms with van der Waals surface area (Å²) in [6.45, 7) is 1.94. The predicted octanol–water partition coefficient (Wildman–Crippen LogP) is 0.597. The van der Waals surface area contributed by atoms with Crippen LogP contribution in [0.3, 0.4) is 0 Å². The Labute approximate surface area is 93.1 Å². The number of ether oxygens (including phenoxy) is 1. The zero-order valence-electron chi connectivity index (χ0n) is 8.95. The Morgan fingerprint density at radius 2 is 2.33 bits per heavy atom. The standard InChI is InChI=1S/C9H14ClN3O2/c1-5-7(8(10)13(2)12-5)6(4-11)9(14)15-3/h6H,4,11H2,1-3H3. The summed E-state index contributed by atoms with van der Waals surface area (Å²) in [6, 6.07) is 0. The molecule has 0 aliphatic rings. The minimum absolute atomic E-state index is 0.152. The second-order valence-electron chi connectivity index (χ2n) is 3.22. The molecule has 2 N–H and O–H groups in total. The van der Waals surface area contributed by atoms with Crippen molar-refractivity contribution < 1.29 is 9.53 Å². The highest BCUT2D eigenvalue weighted by atomic mass is 35.5. The molecule has 5 nitrogen and oxygen atoms in total. The van der Waals surface area contributed by atoms with Crippen LogP contribution in [0.4, 0.5) is 0 Å². The van der Waals surface area contributed by atoms with Gasteiger partial charge in [-0.05, 0) is 6.92 Å². The molecule has 1 aromatic rings. The van der Waals surface area contributed by atoms with Gasteiger partial charge in [0.2, 0.25) is 0 Å². The molecule has 0 aliphatic carbocycles. The topological polar surface area (TPSA) is 70.1 Å². The van der Waals surface area contributed by atoms with Gasteiger partial charge >= 0.3 is 5.97 Å². The van der Waals surface area contributed by atoms with Crippen molar-refractivity contribution in [1.82, 2.24) is 9.78 Å². The Balaban J connectivity index is 3.17. The van der Waals surface area contributed by atoms with Gasteiger partial charge in [0.05, 0.1) is 18.7 Å². The molecular formula is C9H14ClN3O2. The van der Waals surface area contributed by atoms with Crippen molar-refractivity contribution in [2.75, 3.05) is 13.7 Å². The lowest BCUT2D eigenvalue weighted by atomic mass is 10.0. The van der Waals surface area contributed by atoms with Gasteiger partial charge in [0, 0.05) is 19.2 Å². The number of halogens is 1. The van der Waals surface area contributed by atoms with Crippen LogP contribution in [0.1, 0.15) is 17.2 Å². The molecule has 1 heterocycles. The molecule has 84 valence electrons. The van der Waals surface area contributed by atoms with Gasteiger partial charge in [0.15, 0.2) is 0 Å². The SMILES string of the molecule is COC(=O)C(CN)c1c(C)nn(C)c1Cl. The van der Waals surface area contributed by atoms with Crippen molar-refractivity contribution >= 4 is 17.6 Å². The highest BCUT2D eigenvalue weighted by molar-refractivity contribution is 6.30. The molecule has 15 heavy (non-hydrogen) atoms. The number of carbonyl (C=O) groups is 1. The first kappa shape index (κ1) is 12.0. The summed E-state index contributed by atoms with van der Waals surface area (Å²) in [4.78, 5) is 11.5. The fourth-order valence-electron chi connectivity index (χ4n) is 1.52. The van der Waals surface area contributed by atoms with Gasteiger partial charge in [-0.3, -0.25) is 9.48 Å². The number of nitrogens with zero attached hydrogens (tertiary/aromatic N) is 2. The minimum Gasteiger partial charge on any atom is -0.469 e. The van der Waals surface area contributed by atoms with Crippen LogP contribution in [0.2, 0.25) is 5.15 Å². The third kappa shape index (κ3) is 2.13. The molecule has 0 bridgehead atoms. The van der Waals surface area contributed by atoms with Gasteiger partial charge in [-0.1, -0.05) is 11.6 Å². The third-order valence-corrected chi connectivity index (χ3v) is 2.71. The van der Waals surface area contributed by atoms with Crippen molar-refractivity contribution in [2.45, 2.75) is 12.8 Å². The van der Waals surface area contributed by atoms with E-state index in [2.05, 4.69) is 9.84 Å². The van der Waals surface area contributed by atoms with Crippen LogP contribution in [0.15, 0.2) is 0 Å². The maximum atomic E-state index is 11.5. The number of esters is 1. The van der Waals surface area contributed by atoms with Gasteiger partial charge in [0.25, 0.3) is 0 Å². The van der Waals surface area contributed by atoms with E-state index in [1.807, 2.05) is 0 Å². The van der Waals surface area contributed by atoms with Gasteiger partial charge in [-0.15, -0.1) is 0 Å². The van der Waals surface area contributed by atoms with E-state index in [1.165, 1.54) is 11.8 Å². The van der Waals surface area contributed by atoms with E-state index in [4.69, 9.17) is 17.3 Å². The largest absolute Gasteiger partial charge is 0.469 e.